The molecular formula is C14H12O7S. The zero-order chi connectivity index (χ0) is 16.8. The summed E-state index contributed by atoms with van der Waals surface area (Å²) >= 11 is 0. The van der Waals surface area contributed by atoms with Crippen molar-refractivity contribution in [3.8, 4) is 0 Å². The maximum Gasteiger partial charge on any atom is 0.337 e. The summed E-state index contributed by atoms with van der Waals surface area (Å²) in [6.07, 6.45) is 0. The van der Waals surface area contributed by atoms with Gasteiger partial charge in [0.15, 0.2) is 0 Å². The Labute approximate surface area is 125 Å². The van der Waals surface area contributed by atoms with Crippen LogP contribution in [0.25, 0.3) is 10.8 Å². The van der Waals surface area contributed by atoms with Crippen molar-refractivity contribution in [2.75, 3.05) is 0 Å². The summed E-state index contributed by atoms with van der Waals surface area (Å²) in [7, 11) is -4.81. The highest BCUT2D eigenvalue weighted by Gasteiger charge is 2.27. The monoisotopic (exact) mass is 324 g/mol. The predicted octanol–water partition coefficient (Wildman–Crippen LogP) is 2.10. The van der Waals surface area contributed by atoms with Crippen molar-refractivity contribution >= 4 is 32.8 Å². The Morgan fingerprint density at radius 2 is 1.55 bits per heavy atom. The third-order valence-electron chi connectivity index (χ3n) is 3.55. The van der Waals surface area contributed by atoms with E-state index in [2.05, 4.69) is 0 Å². The minimum atomic E-state index is -4.81. The topological polar surface area (TPSA) is 129 Å². The van der Waals surface area contributed by atoms with E-state index in [4.69, 9.17) is 5.11 Å². The van der Waals surface area contributed by atoms with Crippen LogP contribution in [0.15, 0.2) is 23.1 Å². The van der Waals surface area contributed by atoms with Gasteiger partial charge < -0.3 is 10.2 Å². The zero-order valence-corrected chi connectivity index (χ0v) is 12.4. The van der Waals surface area contributed by atoms with Crippen molar-refractivity contribution in [1.82, 2.24) is 0 Å². The molecule has 0 heterocycles. The molecule has 0 aromatic heterocycles. The lowest BCUT2D eigenvalue weighted by Crippen LogP contribution is -2.13. The molecule has 0 saturated carbocycles. The largest absolute Gasteiger partial charge is 0.478 e. The SMILES string of the molecule is Cc1c(C(=O)O)c(S(=O)(=O)O)c2ccc(C(=O)O)cc2c1C. The highest BCUT2D eigenvalue weighted by atomic mass is 32.2. The van der Waals surface area contributed by atoms with Crippen LogP contribution in [0.3, 0.4) is 0 Å². The van der Waals surface area contributed by atoms with Crippen molar-refractivity contribution in [2.45, 2.75) is 18.7 Å². The molecule has 0 aliphatic rings. The van der Waals surface area contributed by atoms with E-state index >= 15 is 0 Å². The molecule has 2 rings (SSSR count). The Kier molecular flexibility index (Phi) is 3.68. The van der Waals surface area contributed by atoms with Crippen LogP contribution in [0, 0.1) is 13.8 Å². The van der Waals surface area contributed by atoms with Gasteiger partial charge in [0.25, 0.3) is 10.1 Å². The lowest BCUT2D eigenvalue weighted by atomic mass is 9.94. The normalized spacial score (nSPS) is 11.6. The quantitative estimate of drug-likeness (QED) is 0.737. The van der Waals surface area contributed by atoms with E-state index < -0.39 is 32.5 Å². The molecule has 8 heteroatoms. The van der Waals surface area contributed by atoms with Gasteiger partial charge in [-0.3, -0.25) is 4.55 Å². The number of hydrogen-bond donors (Lipinski definition) is 3. The smallest absolute Gasteiger partial charge is 0.337 e. The van der Waals surface area contributed by atoms with Crippen molar-refractivity contribution in [3.63, 3.8) is 0 Å². The van der Waals surface area contributed by atoms with Gasteiger partial charge in [0.1, 0.15) is 4.90 Å². The second kappa shape index (κ2) is 5.08. The fourth-order valence-electron chi connectivity index (χ4n) is 2.41. The molecule has 0 aliphatic heterocycles. The van der Waals surface area contributed by atoms with Crippen molar-refractivity contribution in [3.05, 3.63) is 40.5 Å². The van der Waals surface area contributed by atoms with Gasteiger partial charge in [0.05, 0.1) is 11.1 Å². The van der Waals surface area contributed by atoms with Gasteiger partial charge in [-0.15, -0.1) is 0 Å². The molecule has 0 radical (unpaired) electrons. The summed E-state index contributed by atoms with van der Waals surface area (Å²) in [4.78, 5) is 21.7. The van der Waals surface area contributed by atoms with Crippen molar-refractivity contribution < 1.29 is 32.8 Å². The molecule has 7 nitrogen and oxygen atoms in total. The van der Waals surface area contributed by atoms with Crippen LogP contribution in [0.4, 0.5) is 0 Å². The second-order valence-corrected chi connectivity index (χ2v) is 6.16. The number of hydrogen-bond acceptors (Lipinski definition) is 4. The Morgan fingerprint density at radius 3 is 2.00 bits per heavy atom. The number of aryl methyl sites for hydroxylation is 1. The van der Waals surface area contributed by atoms with Gasteiger partial charge >= 0.3 is 11.9 Å². The molecule has 2 aromatic carbocycles. The molecular weight excluding hydrogens is 312 g/mol. The van der Waals surface area contributed by atoms with Gasteiger partial charge in [-0.25, -0.2) is 9.59 Å². The highest BCUT2D eigenvalue weighted by molar-refractivity contribution is 7.86. The molecule has 0 spiro atoms. The first-order valence-electron chi connectivity index (χ1n) is 6.06. The van der Waals surface area contributed by atoms with Crippen LogP contribution in [0.1, 0.15) is 31.8 Å². The lowest BCUT2D eigenvalue weighted by molar-refractivity contribution is 0.0683. The Hall–Kier alpha value is -2.45. The average Bonchev–Trinajstić information content (AvgIpc) is 2.40. The summed E-state index contributed by atoms with van der Waals surface area (Å²) in [5.41, 5.74) is -0.00648. The Morgan fingerprint density at radius 1 is 0.955 bits per heavy atom. The average molecular weight is 324 g/mol. The number of aromatic carboxylic acids is 2. The fourth-order valence-corrected chi connectivity index (χ4v) is 3.36. The van der Waals surface area contributed by atoms with Gasteiger partial charge in [-0.05, 0) is 42.5 Å². The van der Waals surface area contributed by atoms with Crippen LogP contribution in [-0.4, -0.2) is 35.1 Å². The number of carboxylic acids is 2. The van der Waals surface area contributed by atoms with Gasteiger partial charge in [-0.1, -0.05) is 6.07 Å². The van der Waals surface area contributed by atoms with Crippen LogP contribution >= 0.6 is 0 Å². The van der Waals surface area contributed by atoms with Crippen LogP contribution in [0.2, 0.25) is 0 Å². The van der Waals surface area contributed by atoms with E-state index in [-0.39, 0.29) is 21.9 Å². The van der Waals surface area contributed by atoms with Gasteiger partial charge in [0, 0.05) is 5.39 Å². The molecule has 2 aromatic rings. The van der Waals surface area contributed by atoms with Crippen LogP contribution in [-0.2, 0) is 10.1 Å². The lowest BCUT2D eigenvalue weighted by Gasteiger charge is -2.15. The fraction of sp³-hybridized carbons (Fsp3) is 0.143. The summed E-state index contributed by atoms with van der Waals surface area (Å²) in [6, 6.07) is 3.58. The molecule has 0 fully saturated rings. The van der Waals surface area contributed by atoms with E-state index in [1.165, 1.54) is 19.1 Å². The zero-order valence-electron chi connectivity index (χ0n) is 11.6. The molecule has 3 N–H and O–H groups in total. The third-order valence-corrected chi connectivity index (χ3v) is 4.49. The van der Waals surface area contributed by atoms with Gasteiger partial charge in [-0.2, -0.15) is 8.42 Å². The van der Waals surface area contributed by atoms with Crippen LogP contribution < -0.4 is 0 Å². The molecule has 0 atom stereocenters. The molecule has 0 bridgehead atoms. The molecule has 0 aliphatic carbocycles. The van der Waals surface area contributed by atoms with E-state index in [1.54, 1.807) is 6.92 Å². The highest BCUT2D eigenvalue weighted by Crippen LogP contribution is 2.33. The van der Waals surface area contributed by atoms with E-state index in [0.717, 1.165) is 6.07 Å². The van der Waals surface area contributed by atoms with Crippen molar-refractivity contribution in [1.29, 1.82) is 0 Å². The predicted molar refractivity (Wildman–Crippen MR) is 77.2 cm³/mol. The van der Waals surface area contributed by atoms with Crippen molar-refractivity contribution in [2.24, 2.45) is 0 Å². The summed E-state index contributed by atoms with van der Waals surface area (Å²) in [6.45, 7) is 2.96. The number of carboxylic acid groups (broad SMARTS) is 2. The number of carbonyl (C=O) groups is 2. The van der Waals surface area contributed by atoms with Crippen LogP contribution in [0.5, 0.6) is 0 Å². The summed E-state index contributed by atoms with van der Waals surface area (Å²) < 4.78 is 32.7. The maximum atomic E-state index is 11.6. The van der Waals surface area contributed by atoms with Gasteiger partial charge in [0.2, 0.25) is 0 Å². The number of fused-ring (bicyclic) bond motifs is 1. The van der Waals surface area contributed by atoms with E-state index in [1.807, 2.05) is 0 Å². The number of benzene rings is 2. The summed E-state index contributed by atoms with van der Waals surface area (Å²) in [5, 5.41) is 18.5. The van der Waals surface area contributed by atoms with E-state index in [0.29, 0.717) is 5.56 Å². The van der Waals surface area contributed by atoms with E-state index in [9.17, 15) is 27.7 Å². The minimum absolute atomic E-state index is 0.0343. The first kappa shape index (κ1) is 15.9. The molecule has 22 heavy (non-hydrogen) atoms. The maximum absolute atomic E-state index is 11.6. The first-order chi connectivity index (χ1) is 10.1. The molecule has 0 saturated heterocycles. The second-order valence-electron chi connectivity index (χ2n) is 4.80. The molecule has 116 valence electrons. The Bertz CT molecular complexity index is 926. The third kappa shape index (κ3) is 2.42. The number of rotatable bonds is 3. The molecule has 0 amide bonds. The summed E-state index contributed by atoms with van der Waals surface area (Å²) in [5.74, 6) is -2.69. The molecule has 0 unspecified atom stereocenters. The standard InChI is InChI=1S/C14H12O7S/c1-6-7(2)11(14(17)18)12(22(19,20)21)9-4-3-8(13(15)16)5-10(6)9/h3-5H,1-2H3,(H,15,16)(H,17,18)(H,19,20,21). The first-order valence-corrected chi connectivity index (χ1v) is 7.50. The Balaban J connectivity index is 3.13. The minimum Gasteiger partial charge on any atom is -0.478 e.